The zero-order valence-electron chi connectivity index (χ0n) is 18.3. The van der Waals surface area contributed by atoms with Crippen molar-refractivity contribution in [2.24, 2.45) is 0 Å². The molecule has 2 saturated heterocycles. The molecule has 0 aromatic carbocycles. The summed E-state index contributed by atoms with van der Waals surface area (Å²) in [5.41, 5.74) is 2.27. The topological polar surface area (TPSA) is 92.2 Å². The van der Waals surface area contributed by atoms with Gasteiger partial charge in [-0.2, -0.15) is 0 Å². The van der Waals surface area contributed by atoms with Crippen molar-refractivity contribution in [2.45, 2.75) is 32.2 Å². The zero-order chi connectivity index (χ0) is 21.8. The van der Waals surface area contributed by atoms with E-state index in [4.69, 9.17) is 9.72 Å². The second-order valence-electron chi connectivity index (χ2n) is 8.25. The smallest absolute Gasteiger partial charge is 0.229 e. The number of ether oxygens (including phenoxy) is 1. The van der Waals surface area contributed by atoms with Crippen LogP contribution in [0.5, 0.6) is 0 Å². The highest BCUT2D eigenvalue weighted by Crippen LogP contribution is 2.28. The van der Waals surface area contributed by atoms with Crippen LogP contribution in [0.4, 0.5) is 17.0 Å². The molecule has 0 atom stereocenters. The summed E-state index contributed by atoms with van der Waals surface area (Å²) in [6, 6.07) is 2.04. The summed E-state index contributed by atoms with van der Waals surface area (Å²) in [5.74, 6) is 1.88. The third-order valence-electron chi connectivity index (χ3n) is 5.91. The molecule has 2 aliphatic rings. The van der Waals surface area contributed by atoms with Crippen molar-refractivity contribution in [1.82, 2.24) is 29.8 Å². The second-order valence-corrected chi connectivity index (χ2v) is 9.48. The number of likely N-dealkylation sites (tertiary alicyclic amines) is 1. The van der Waals surface area contributed by atoms with Crippen LogP contribution < -0.4 is 10.2 Å². The zero-order valence-corrected chi connectivity index (χ0v) is 19.1. The van der Waals surface area contributed by atoms with Crippen molar-refractivity contribution >= 4 is 28.4 Å². The number of thiazole rings is 1. The van der Waals surface area contributed by atoms with E-state index in [9.17, 15) is 0 Å². The first-order valence-electron chi connectivity index (χ1n) is 11.1. The van der Waals surface area contributed by atoms with Gasteiger partial charge in [0, 0.05) is 66.5 Å². The lowest BCUT2D eigenvalue weighted by Crippen LogP contribution is -2.37. The van der Waals surface area contributed by atoms with Gasteiger partial charge in [0.1, 0.15) is 0 Å². The van der Waals surface area contributed by atoms with E-state index < -0.39 is 0 Å². The van der Waals surface area contributed by atoms with Gasteiger partial charge in [0.15, 0.2) is 5.13 Å². The molecule has 10 heteroatoms. The lowest BCUT2D eigenvalue weighted by Gasteiger charge is -2.31. The van der Waals surface area contributed by atoms with Crippen molar-refractivity contribution in [2.75, 3.05) is 49.6 Å². The fraction of sp³-hybridized carbons (Fsp3) is 0.500. The number of hydrogen-bond acceptors (Lipinski definition) is 10. The molecule has 0 saturated carbocycles. The molecule has 3 aromatic heterocycles. The van der Waals surface area contributed by atoms with Crippen LogP contribution in [-0.4, -0.2) is 69.2 Å². The predicted octanol–water partition coefficient (Wildman–Crippen LogP) is 2.99. The Hall–Kier alpha value is -2.69. The fourth-order valence-corrected chi connectivity index (χ4v) is 4.83. The largest absolute Gasteiger partial charge is 0.378 e. The Morgan fingerprint density at radius 1 is 1.03 bits per heavy atom. The minimum Gasteiger partial charge on any atom is -0.378 e. The number of rotatable bonds is 6. The molecular weight excluding hydrogens is 424 g/mol. The van der Waals surface area contributed by atoms with E-state index in [0.717, 1.165) is 86.0 Å². The molecule has 0 amide bonds. The maximum atomic E-state index is 5.40. The van der Waals surface area contributed by atoms with Gasteiger partial charge in [-0.05, 0) is 38.9 Å². The van der Waals surface area contributed by atoms with E-state index in [1.165, 1.54) is 0 Å². The molecule has 0 unspecified atom stereocenters. The Balaban J connectivity index is 1.14. The van der Waals surface area contributed by atoms with Crippen molar-refractivity contribution in [1.29, 1.82) is 0 Å². The summed E-state index contributed by atoms with van der Waals surface area (Å²) in [7, 11) is 0. The Labute approximate surface area is 191 Å². The first-order chi connectivity index (χ1) is 15.7. The van der Waals surface area contributed by atoms with Gasteiger partial charge in [0.05, 0.1) is 13.2 Å². The predicted molar refractivity (Wildman–Crippen MR) is 124 cm³/mol. The van der Waals surface area contributed by atoms with Crippen LogP contribution in [0.3, 0.4) is 0 Å². The highest BCUT2D eigenvalue weighted by Gasteiger charge is 2.22. The Kier molecular flexibility index (Phi) is 6.51. The summed E-state index contributed by atoms with van der Waals surface area (Å²) in [4.78, 5) is 28.4. The second kappa shape index (κ2) is 9.85. The van der Waals surface area contributed by atoms with Crippen LogP contribution in [0, 0.1) is 6.92 Å². The van der Waals surface area contributed by atoms with Gasteiger partial charge in [0.2, 0.25) is 11.9 Å². The van der Waals surface area contributed by atoms with Crippen LogP contribution in [0.15, 0.2) is 30.9 Å². The highest BCUT2D eigenvalue weighted by atomic mass is 32.1. The molecule has 9 nitrogen and oxygen atoms in total. The number of nitrogens with zero attached hydrogens (tertiary/aromatic N) is 7. The standard InChI is InChI=1S/C22H28N8OS/c1-16-12-26-22(32-16)28-20-23-5-2-19(27-20)18-3-6-29(7-4-18)15-17-13-24-21(25-14-17)30-8-10-31-11-9-30/h2,5,12-14,18H,3-4,6-11,15H2,1H3,(H,23,26,27,28). The number of anilines is 3. The quantitative estimate of drug-likeness (QED) is 0.606. The van der Waals surface area contributed by atoms with Crippen LogP contribution in [-0.2, 0) is 11.3 Å². The Bertz CT molecular complexity index is 1010. The summed E-state index contributed by atoms with van der Waals surface area (Å²) in [5, 5.41) is 4.05. The number of piperidine rings is 1. The average Bonchev–Trinajstić information content (AvgIpc) is 3.25. The van der Waals surface area contributed by atoms with Crippen LogP contribution in [0.2, 0.25) is 0 Å². The first-order valence-corrected chi connectivity index (χ1v) is 11.9. The Morgan fingerprint density at radius 2 is 1.81 bits per heavy atom. The van der Waals surface area contributed by atoms with Gasteiger partial charge >= 0.3 is 0 Å². The molecular formula is C22H28N8OS. The molecule has 168 valence electrons. The molecule has 5 rings (SSSR count). The number of morpholine rings is 1. The fourth-order valence-electron chi connectivity index (χ4n) is 4.17. The molecule has 2 fully saturated rings. The average molecular weight is 453 g/mol. The molecule has 5 heterocycles. The van der Waals surface area contributed by atoms with Crippen molar-refractivity contribution in [3.8, 4) is 0 Å². The van der Waals surface area contributed by atoms with E-state index in [0.29, 0.717) is 11.9 Å². The van der Waals surface area contributed by atoms with Crippen LogP contribution in [0.25, 0.3) is 0 Å². The number of aromatic nitrogens is 5. The number of hydrogen-bond donors (Lipinski definition) is 1. The maximum absolute atomic E-state index is 5.40. The van der Waals surface area contributed by atoms with Gasteiger partial charge in [-0.1, -0.05) is 0 Å². The summed E-state index contributed by atoms with van der Waals surface area (Å²) >= 11 is 1.61. The maximum Gasteiger partial charge on any atom is 0.229 e. The third-order valence-corrected chi connectivity index (χ3v) is 6.74. The van der Waals surface area contributed by atoms with Crippen molar-refractivity contribution in [3.05, 3.63) is 47.0 Å². The van der Waals surface area contributed by atoms with Crippen LogP contribution >= 0.6 is 11.3 Å². The monoisotopic (exact) mass is 452 g/mol. The van der Waals surface area contributed by atoms with E-state index in [1.54, 1.807) is 11.3 Å². The van der Waals surface area contributed by atoms with Gasteiger partial charge in [-0.3, -0.25) is 4.90 Å². The van der Waals surface area contributed by atoms with Gasteiger partial charge in [0.25, 0.3) is 0 Å². The molecule has 0 aliphatic carbocycles. The van der Waals surface area contributed by atoms with Gasteiger partial charge in [-0.15, -0.1) is 11.3 Å². The van der Waals surface area contributed by atoms with E-state index in [-0.39, 0.29) is 0 Å². The Morgan fingerprint density at radius 3 is 2.53 bits per heavy atom. The van der Waals surface area contributed by atoms with Crippen molar-refractivity contribution < 1.29 is 4.74 Å². The molecule has 0 radical (unpaired) electrons. The molecule has 0 bridgehead atoms. The van der Waals surface area contributed by atoms with Gasteiger partial charge in [-0.25, -0.2) is 24.9 Å². The molecule has 3 aromatic rings. The minimum atomic E-state index is 0.452. The lowest BCUT2D eigenvalue weighted by atomic mass is 9.93. The highest BCUT2D eigenvalue weighted by molar-refractivity contribution is 7.15. The van der Waals surface area contributed by atoms with Crippen LogP contribution in [0.1, 0.15) is 34.9 Å². The molecule has 2 aliphatic heterocycles. The third kappa shape index (κ3) is 5.20. The molecule has 0 spiro atoms. The number of nitrogens with one attached hydrogen (secondary N) is 1. The van der Waals surface area contributed by atoms with E-state index in [1.807, 2.05) is 37.8 Å². The first kappa shape index (κ1) is 21.2. The molecule has 32 heavy (non-hydrogen) atoms. The number of aryl methyl sites for hydroxylation is 1. The van der Waals surface area contributed by atoms with E-state index >= 15 is 0 Å². The van der Waals surface area contributed by atoms with Crippen molar-refractivity contribution in [3.63, 3.8) is 0 Å². The summed E-state index contributed by atoms with van der Waals surface area (Å²) < 4.78 is 5.40. The minimum absolute atomic E-state index is 0.452. The molecule has 1 N–H and O–H groups in total. The van der Waals surface area contributed by atoms with E-state index in [2.05, 4.69) is 35.1 Å². The summed E-state index contributed by atoms with van der Waals surface area (Å²) in [6.07, 6.45) is 9.79. The van der Waals surface area contributed by atoms with Gasteiger partial charge < -0.3 is 15.0 Å². The normalized spacial score (nSPS) is 18.1. The SMILES string of the molecule is Cc1cnc(Nc2nccc(C3CCN(Cc4cnc(N5CCOCC5)nc4)CC3)n2)s1. The lowest BCUT2D eigenvalue weighted by molar-refractivity contribution is 0.122. The summed E-state index contributed by atoms with van der Waals surface area (Å²) in [6.45, 7) is 8.20.